The van der Waals surface area contributed by atoms with Crippen LogP contribution in [0, 0.1) is 0 Å². The van der Waals surface area contributed by atoms with Gasteiger partial charge in [-0.05, 0) is 70.6 Å². The summed E-state index contributed by atoms with van der Waals surface area (Å²) in [5.74, 6) is 1.53. The first kappa shape index (κ1) is 23.2. The van der Waals surface area contributed by atoms with Crippen LogP contribution in [0.5, 0.6) is 0 Å². The molecule has 0 radical (unpaired) electrons. The molecule has 1 amide bonds. The molecule has 5 nitrogen and oxygen atoms in total. The number of amides is 1. The molecule has 174 valence electrons. The van der Waals surface area contributed by atoms with Gasteiger partial charge in [-0.15, -0.1) is 11.8 Å². The molecule has 4 N–H and O–H groups in total. The molecule has 0 atom stereocenters. The first-order valence-electron chi connectivity index (χ1n) is 11.9. The maximum atomic E-state index is 13.5. The third-order valence-corrected chi connectivity index (χ3v) is 8.15. The molecule has 3 aromatic carbocycles. The highest BCUT2D eigenvalue weighted by atomic mass is 32.2. The zero-order valence-corrected chi connectivity index (χ0v) is 19.9. The number of thioether (sulfide) groups is 1. The van der Waals surface area contributed by atoms with Crippen molar-refractivity contribution in [2.45, 2.75) is 36.6 Å². The van der Waals surface area contributed by atoms with Gasteiger partial charge in [0.05, 0.1) is 0 Å². The van der Waals surface area contributed by atoms with Gasteiger partial charge in [0.2, 0.25) is 0 Å². The third kappa shape index (κ3) is 4.66. The summed E-state index contributed by atoms with van der Waals surface area (Å²) in [5.41, 5.74) is 12.6. The molecule has 2 aliphatic rings. The maximum absolute atomic E-state index is 13.5. The second kappa shape index (κ2) is 9.96. The fourth-order valence-corrected chi connectivity index (χ4v) is 6.29. The second-order valence-corrected chi connectivity index (χ2v) is 10.2. The molecule has 0 bridgehead atoms. The van der Waals surface area contributed by atoms with Gasteiger partial charge in [0, 0.05) is 35.8 Å². The largest absolute Gasteiger partial charge is 0.488 e. The Hall–Kier alpha value is -2.58. The number of fused-ring (bicyclic) bond motifs is 1. The molecule has 0 spiro atoms. The maximum Gasteiger partial charge on any atom is 0.488 e. The number of benzene rings is 3. The number of likely N-dealkylation sites (tertiary alicyclic amines) is 1. The van der Waals surface area contributed by atoms with E-state index >= 15 is 0 Å². The van der Waals surface area contributed by atoms with Gasteiger partial charge < -0.3 is 20.7 Å². The quantitative estimate of drug-likeness (QED) is 0.497. The number of hydrogen-bond donors (Lipinski definition) is 3. The Morgan fingerprint density at radius 2 is 1.85 bits per heavy atom. The number of aryl methyl sites for hydroxylation is 1. The van der Waals surface area contributed by atoms with Crippen molar-refractivity contribution in [1.29, 1.82) is 0 Å². The Labute approximate surface area is 205 Å². The topological polar surface area (TPSA) is 86.8 Å². The first-order valence-corrected chi connectivity index (χ1v) is 12.9. The summed E-state index contributed by atoms with van der Waals surface area (Å²) in [6.07, 6.45) is 2.84. The van der Waals surface area contributed by atoms with E-state index in [1.54, 1.807) is 23.9 Å². The molecule has 0 aromatic heterocycles. The number of nitrogens with zero attached hydrogens (tertiary/aromatic N) is 1. The summed E-state index contributed by atoms with van der Waals surface area (Å²) < 4.78 is 0. The number of hydrogen-bond acceptors (Lipinski definition) is 5. The summed E-state index contributed by atoms with van der Waals surface area (Å²) in [7, 11) is -1.52. The molecule has 2 aliphatic heterocycles. The molecule has 5 rings (SSSR count). The zero-order chi connectivity index (χ0) is 23.7. The van der Waals surface area contributed by atoms with E-state index in [1.807, 2.05) is 23.1 Å². The van der Waals surface area contributed by atoms with E-state index in [0.29, 0.717) is 17.9 Å². The highest BCUT2D eigenvalue weighted by molar-refractivity contribution is 7.99. The summed E-state index contributed by atoms with van der Waals surface area (Å²) in [6.45, 7) is 2.03. The minimum atomic E-state index is -1.52. The predicted molar refractivity (Wildman–Crippen MR) is 138 cm³/mol. The van der Waals surface area contributed by atoms with Crippen LogP contribution in [0.25, 0.3) is 11.1 Å². The van der Waals surface area contributed by atoms with E-state index in [1.165, 1.54) is 16.0 Å². The predicted octanol–water partition coefficient (Wildman–Crippen LogP) is 3.16. The van der Waals surface area contributed by atoms with Crippen LogP contribution in [0.2, 0.25) is 0 Å². The highest BCUT2D eigenvalue weighted by Crippen LogP contribution is 2.41. The van der Waals surface area contributed by atoms with Crippen molar-refractivity contribution >= 4 is 30.3 Å². The number of piperidine rings is 1. The molecule has 3 aromatic rings. The van der Waals surface area contributed by atoms with Gasteiger partial charge in [0.15, 0.2) is 0 Å². The lowest BCUT2D eigenvalue weighted by molar-refractivity contribution is 0.0713. The second-order valence-electron chi connectivity index (χ2n) is 9.13. The minimum absolute atomic E-state index is 0.0773. The van der Waals surface area contributed by atoms with Crippen molar-refractivity contribution in [3.63, 3.8) is 0 Å². The normalized spacial score (nSPS) is 15.9. The van der Waals surface area contributed by atoms with Crippen LogP contribution in [0.15, 0.2) is 65.6 Å². The fraction of sp³-hybridized carbons (Fsp3) is 0.296. The van der Waals surface area contributed by atoms with Crippen molar-refractivity contribution < 1.29 is 14.8 Å². The van der Waals surface area contributed by atoms with Crippen LogP contribution in [0.1, 0.15) is 45.8 Å². The number of nitrogens with two attached hydrogens (primary N) is 1. The van der Waals surface area contributed by atoms with E-state index in [4.69, 9.17) is 5.73 Å². The molecule has 1 fully saturated rings. The Bertz CT molecular complexity index is 1210. The first-order chi connectivity index (χ1) is 16.5. The Morgan fingerprint density at radius 3 is 2.62 bits per heavy atom. The van der Waals surface area contributed by atoms with Crippen LogP contribution < -0.4 is 11.2 Å². The molecule has 7 heteroatoms. The SMILES string of the molecule is NCc1cccc(C2CCN(C(=O)c3cc4c(c(-c5cccc(B(O)O)c5)c3)SCC4)CC2)c1. The molecule has 34 heavy (non-hydrogen) atoms. The van der Waals surface area contributed by atoms with Gasteiger partial charge in [-0.3, -0.25) is 4.79 Å². The van der Waals surface area contributed by atoms with Crippen molar-refractivity contribution in [3.05, 3.63) is 82.9 Å². The molecule has 0 unspecified atom stereocenters. The van der Waals surface area contributed by atoms with Crippen molar-refractivity contribution in [3.8, 4) is 11.1 Å². The van der Waals surface area contributed by atoms with Crippen molar-refractivity contribution in [1.82, 2.24) is 4.90 Å². The van der Waals surface area contributed by atoms with Crippen LogP contribution in [0.4, 0.5) is 0 Å². The molecular weight excluding hydrogens is 443 g/mol. The summed E-state index contributed by atoms with van der Waals surface area (Å²) >= 11 is 1.80. The Morgan fingerprint density at radius 1 is 1.06 bits per heavy atom. The van der Waals surface area contributed by atoms with Gasteiger partial charge in [0.25, 0.3) is 5.91 Å². The average Bonchev–Trinajstić information content (AvgIpc) is 3.37. The smallest absolute Gasteiger partial charge is 0.423 e. The van der Waals surface area contributed by atoms with Crippen LogP contribution >= 0.6 is 11.8 Å². The van der Waals surface area contributed by atoms with Gasteiger partial charge in [-0.2, -0.15) is 0 Å². The van der Waals surface area contributed by atoms with Gasteiger partial charge in [-0.1, -0.05) is 48.5 Å². The molecule has 0 saturated carbocycles. The van der Waals surface area contributed by atoms with E-state index in [-0.39, 0.29) is 5.91 Å². The Kier molecular flexibility index (Phi) is 6.79. The van der Waals surface area contributed by atoms with Crippen molar-refractivity contribution in [2.75, 3.05) is 18.8 Å². The van der Waals surface area contributed by atoms with Crippen LogP contribution in [-0.4, -0.2) is 46.8 Å². The lowest BCUT2D eigenvalue weighted by atomic mass is 9.79. The number of carbonyl (C=O) groups is 1. The average molecular weight is 472 g/mol. The zero-order valence-electron chi connectivity index (χ0n) is 19.1. The standard InChI is InChI=1S/C27H29BN2O3S/c29-17-18-3-1-4-20(13-18)19-7-10-30(11-8-19)27(31)23-14-22-9-12-34-26(22)25(16-23)21-5-2-6-24(15-21)28(32)33/h1-6,13-16,19,32-33H,7-12,17,29H2. The van der Waals surface area contributed by atoms with Gasteiger partial charge in [0.1, 0.15) is 0 Å². The number of carbonyl (C=O) groups excluding carboxylic acids is 1. The van der Waals surface area contributed by atoms with Crippen molar-refractivity contribution in [2.24, 2.45) is 5.73 Å². The third-order valence-electron chi connectivity index (χ3n) is 6.97. The molecule has 2 heterocycles. The summed E-state index contributed by atoms with van der Waals surface area (Å²) in [4.78, 5) is 16.7. The van der Waals surface area contributed by atoms with E-state index in [0.717, 1.165) is 60.4 Å². The summed E-state index contributed by atoms with van der Waals surface area (Å²) in [5, 5.41) is 19.2. The van der Waals surface area contributed by atoms with E-state index in [9.17, 15) is 14.8 Å². The molecule has 0 aliphatic carbocycles. The molecule has 1 saturated heterocycles. The summed E-state index contributed by atoms with van der Waals surface area (Å²) in [6, 6.07) is 19.8. The van der Waals surface area contributed by atoms with Gasteiger partial charge in [-0.25, -0.2) is 0 Å². The van der Waals surface area contributed by atoms with E-state index < -0.39 is 7.12 Å². The van der Waals surface area contributed by atoms with E-state index in [2.05, 4.69) is 30.3 Å². The van der Waals surface area contributed by atoms with Gasteiger partial charge >= 0.3 is 7.12 Å². The highest BCUT2D eigenvalue weighted by Gasteiger charge is 2.27. The van der Waals surface area contributed by atoms with Crippen LogP contribution in [-0.2, 0) is 13.0 Å². The lowest BCUT2D eigenvalue weighted by Crippen LogP contribution is -2.38. The molecular formula is C27H29BN2O3S. The fourth-order valence-electron chi connectivity index (χ4n) is 5.09. The monoisotopic (exact) mass is 472 g/mol. The Balaban J connectivity index is 1.38. The lowest BCUT2D eigenvalue weighted by Gasteiger charge is -2.32. The van der Waals surface area contributed by atoms with Crippen LogP contribution in [0.3, 0.4) is 0 Å². The minimum Gasteiger partial charge on any atom is -0.423 e. The number of rotatable bonds is 5.